The lowest BCUT2D eigenvalue weighted by Crippen LogP contribution is -2.22. The highest BCUT2D eigenvalue weighted by atomic mass is 32.2. The minimum Gasteiger partial charge on any atom is -0.301 e. The van der Waals surface area contributed by atoms with Crippen molar-refractivity contribution in [3.05, 3.63) is 64.8 Å². The number of nitrogens with zero attached hydrogens (tertiary/aromatic N) is 5. The molecule has 0 aliphatic rings. The van der Waals surface area contributed by atoms with Gasteiger partial charge in [-0.3, -0.25) is 4.79 Å². The lowest BCUT2D eigenvalue weighted by molar-refractivity contribution is -0.115. The second kappa shape index (κ2) is 8.94. The molecular weight excluding hydrogens is 435 g/mol. The Balaban J connectivity index is 1.44. The van der Waals surface area contributed by atoms with E-state index in [1.807, 2.05) is 31.4 Å². The van der Waals surface area contributed by atoms with Crippen LogP contribution in [0.2, 0.25) is 0 Å². The lowest BCUT2D eigenvalue weighted by atomic mass is 10.1. The van der Waals surface area contributed by atoms with Gasteiger partial charge >= 0.3 is 0 Å². The van der Waals surface area contributed by atoms with Crippen LogP contribution in [-0.2, 0) is 4.79 Å². The number of nitrogens with one attached hydrogen (secondary N) is 1. The van der Waals surface area contributed by atoms with Crippen LogP contribution < -0.4 is 5.32 Å². The fourth-order valence-electron chi connectivity index (χ4n) is 2.95. The summed E-state index contributed by atoms with van der Waals surface area (Å²) in [6.07, 6.45) is 0. The van der Waals surface area contributed by atoms with Gasteiger partial charge in [0.25, 0.3) is 0 Å². The summed E-state index contributed by atoms with van der Waals surface area (Å²) in [7, 11) is 0. The van der Waals surface area contributed by atoms with Crippen molar-refractivity contribution >= 4 is 34.1 Å². The molecular formula is C21H19FN6OS2. The maximum Gasteiger partial charge on any atom is 0.239 e. The van der Waals surface area contributed by atoms with Crippen molar-refractivity contribution in [1.29, 1.82) is 0 Å². The number of thiazole rings is 1. The highest BCUT2D eigenvalue weighted by Gasteiger charge is 2.21. The first-order valence-corrected chi connectivity index (χ1v) is 11.2. The number of carbonyl (C=O) groups is 1. The Morgan fingerprint density at radius 3 is 2.71 bits per heavy atom. The SMILES string of the molecule is Cc1ccc(-n2nnnc2SC(C)C(=O)Nc2nc(-c3ccc(F)cc3)cs2)c(C)c1. The molecule has 2 heterocycles. The molecule has 4 rings (SSSR count). The summed E-state index contributed by atoms with van der Waals surface area (Å²) in [5.41, 5.74) is 4.53. The van der Waals surface area contributed by atoms with Crippen molar-refractivity contribution in [1.82, 2.24) is 25.2 Å². The van der Waals surface area contributed by atoms with Crippen LogP contribution >= 0.6 is 23.1 Å². The summed E-state index contributed by atoms with van der Waals surface area (Å²) >= 11 is 2.58. The zero-order valence-electron chi connectivity index (χ0n) is 17.0. The molecule has 10 heteroatoms. The average molecular weight is 455 g/mol. The Bertz CT molecular complexity index is 1220. The molecule has 1 amide bonds. The summed E-state index contributed by atoms with van der Waals surface area (Å²) in [6.45, 7) is 5.81. The van der Waals surface area contributed by atoms with Crippen LogP contribution in [0.15, 0.2) is 53.0 Å². The normalized spacial score (nSPS) is 12.0. The molecule has 1 atom stereocenters. The number of hydrogen-bond donors (Lipinski definition) is 1. The van der Waals surface area contributed by atoms with E-state index in [1.54, 1.807) is 23.7 Å². The van der Waals surface area contributed by atoms with Gasteiger partial charge in [0.2, 0.25) is 11.1 Å². The molecule has 2 aromatic carbocycles. The second-order valence-electron chi connectivity index (χ2n) is 6.96. The van der Waals surface area contributed by atoms with Gasteiger partial charge in [-0.1, -0.05) is 29.5 Å². The minimum absolute atomic E-state index is 0.208. The summed E-state index contributed by atoms with van der Waals surface area (Å²) in [4.78, 5) is 17.1. The number of thioether (sulfide) groups is 1. The molecule has 158 valence electrons. The van der Waals surface area contributed by atoms with Crippen LogP contribution in [-0.4, -0.2) is 36.3 Å². The van der Waals surface area contributed by atoms with Gasteiger partial charge in [-0.15, -0.1) is 16.4 Å². The van der Waals surface area contributed by atoms with Crippen molar-refractivity contribution in [2.24, 2.45) is 0 Å². The lowest BCUT2D eigenvalue weighted by Gasteiger charge is -2.11. The van der Waals surface area contributed by atoms with E-state index in [-0.39, 0.29) is 11.7 Å². The first kappa shape index (κ1) is 21.1. The molecule has 1 N–H and O–H groups in total. The molecule has 0 bridgehead atoms. The molecule has 0 saturated heterocycles. The Morgan fingerprint density at radius 1 is 1.19 bits per heavy atom. The standard InChI is InChI=1S/C21H19FN6OS2/c1-12-4-9-18(13(2)10-12)28-21(25-26-27-28)31-14(3)19(29)24-20-23-17(11-30-20)15-5-7-16(22)8-6-15/h4-11,14H,1-3H3,(H,23,24,29). The van der Waals surface area contributed by atoms with Gasteiger partial charge in [0.1, 0.15) is 5.82 Å². The monoisotopic (exact) mass is 454 g/mol. The predicted molar refractivity (Wildman–Crippen MR) is 120 cm³/mol. The number of benzene rings is 2. The zero-order chi connectivity index (χ0) is 22.0. The van der Waals surface area contributed by atoms with E-state index >= 15 is 0 Å². The fraction of sp³-hybridized carbons (Fsp3) is 0.190. The summed E-state index contributed by atoms with van der Waals surface area (Å²) in [6, 6.07) is 12.1. The molecule has 4 aromatic rings. The van der Waals surface area contributed by atoms with Crippen LogP contribution in [0.4, 0.5) is 9.52 Å². The maximum absolute atomic E-state index is 13.1. The van der Waals surface area contributed by atoms with Crippen molar-refractivity contribution in [3.63, 3.8) is 0 Å². The van der Waals surface area contributed by atoms with E-state index in [1.165, 1.54) is 35.2 Å². The Labute approximate surface area is 186 Å². The van der Waals surface area contributed by atoms with Crippen LogP contribution in [0.25, 0.3) is 16.9 Å². The van der Waals surface area contributed by atoms with Crippen LogP contribution in [0.3, 0.4) is 0 Å². The van der Waals surface area contributed by atoms with E-state index in [2.05, 4.69) is 31.9 Å². The molecule has 0 fully saturated rings. The fourth-order valence-corrected chi connectivity index (χ4v) is 4.47. The molecule has 31 heavy (non-hydrogen) atoms. The van der Waals surface area contributed by atoms with E-state index in [9.17, 15) is 9.18 Å². The quantitative estimate of drug-likeness (QED) is 0.427. The maximum atomic E-state index is 13.1. The number of carbonyl (C=O) groups excluding carboxylic acids is 1. The van der Waals surface area contributed by atoms with E-state index in [4.69, 9.17) is 0 Å². The number of rotatable bonds is 6. The average Bonchev–Trinajstić information content (AvgIpc) is 3.38. The van der Waals surface area contributed by atoms with Gasteiger partial charge in [0.15, 0.2) is 5.13 Å². The number of amides is 1. The Morgan fingerprint density at radius 2 is 1.97 bits per heavy atom. The van der Waals surface area contributed by atoms with Crippen molar-refractivity contribution in [2.75, 3.05) is 5.32 Å². The first-order chi connectivity index (χ1) is 14.9. The molecule has 7 nitrogen and oxygen atoms in total. The van der Waals surface area contributed by atoms with Crippen LogP contribution in [0.1, 0.15) is 18.1 Å². The molecule has 0 aliphatic carbocycles. The Kier molecular flexibility index (Phi) is 6.10. The summed E-state index contributed by atoms with van der Waals surface area (Å²) < 4.78 is 14.7. The third-order valence-electron chi connectivity index (χ3n) is 4.55. The highest BCUT2D eigenvalue weighted by Crippen LogP contribution is 2.28. The largest absolute Gasteiger partial charge is 0.301 e. The number of anilines is 1. The molecule has 2 aromatic heterocycles. The van der Waals surface area contributed by atoms with E-state index in [0.29, 0.717) is 16.0 Å². The second-order valence-corrected chi connectivity index (χ2v) is 9.12. The van der Waals surface area contributed by atoms with Crippen LogP contribution in [0, 0.1) is 19.7 Å². The number of aromatic nitrogens is 5. The number of tetrazole rings is 1. The highest BCUT2D eigenvalue weighted by molar-refractivity contribution is 8.00. The third-order valence-corrected chi connectivity index (χ3v) is 6.34. The molecule has 0 spiro atoms. The van der Waals surface area contributed by atoms with Gasteiger partial charge in [-0.05, 0) is 67.1 Å². The Hall–Kier alpha value is -3.11. The topological polar surface area (TPSA) is 85.6 Å². The molecule has 0 saturated carbocycles. The molecule has 0 aliphatic heterocycles. The predicted octanol–water partition coefficient (Wildman–Crippen LogP) is 4.66. The summed E-state index contributed by atoms with van der Waals surface area (Å²) in [5.74, 6) is -0.512. The van der Waals surface area contributed by atoms with Crippen molar-refractivity contribution in [2.45, 2.75) is 31.2 Å². The zero-order valence-corrected chi connectivity index (χ0v) is 18.7. The number of halogens is 1. The summed E-state index contributed by atoms with van der Waals surface area (Å²) in [5, 5.41) is 17.1. The number of aryl methyl sites for hydroxylation is 2. The van der Waals surface area contributed by atoms with Gasteiger partial charge in [-0.25, -0.2) is 9.37 Å². The van der Waals surface area contributed by atoms with Gasteiger partial charge in [-0.2, -0.15) is 4.68 Å². The van der Waals surface area contributed by atoms with Gasteiger partial charge < -0.3 is 5.32 Å². The van der Waals surface area contributed by atoms with E-state index in [0.717, 1.165) is 22.4 Å². The molecule has 0 radical (unpaired) electrons. The molecule has 1 unspecified atom stereocenters. The van der Waals surface area contributed by atoms with Crippen molar-refractivity contribution in [3.8, 4) is 16.9 Å². The minimum atomic E-state index is -0.450. The van der Waals surface area contributed by atoms with Crippen LogP contribution in [0.5, 0.6) is 0 Å². The van der Waals surface area contributed by atoms with Gasteiger partial charge in [0, 0.05) is 10.9 Å². The van der Waals surface area contributed by atoms with Gasteiger partial charge in [0.05, 0.1) is 16.6 Å². The smallest absolute Gasteiger partial charge is 0.239 e. The number of hydrogen-bond acceptors (Lipinski definition) is 7. The third kappa shape index (κ3) is 4.80. The first-order valence-electron chi connectivity index (χ1n) is 9.45. The van der Waals surface area contributed by atoms with E-state index < -0.39 is 5.25 Å². The van der Waals surface area contributed by atoms with Crippen molar-refractivity contribution < 1.29 is 9.18 Å².